The lowest BCUT2D eigenvalue weighted by Crippen LogP contribution is -2.43. The third-order valence-corrected chi connectivity index (χ3v) is 6.14. The minimum absolute atomic E-state index is 0.117. The molecular weight excluding hydrogens is 163 g/mol. The Balaban J connectivity index is 1.73. The van der Waals surface area contributed by atoms with Crippen LogP contribution >= 0.6 is 0 Å². The van der Waals surface area contributed by atoms with Crippen molar-refractivity contribution in [3.05, 3.63) is 0 Å². The highest BCUT2D eigenvalue weighted by atomic mass is 16.7. The Kier molecular flexibility index (Phi) is 0.703. The molecule has 0 N–H and O–H groups in total. The molecule has 68 valence electrons. The summed E-state index contributed by atoms with van der Waals surface area (Å²) in [6.07, 6.45) is 3.35. The summed E-state index contributed by atoms with van der Waals surface area (Å²) in [5.74, 6) is 3.93. The van der Waals surface area contributed by atoms with E-state index < -0.39 is 0 Å². The molecule has 5 fully saturated rings. The van der Waals surface area contributed by atoms with Crippen LogP contribution in [0.2, 0.25) is 0 Å². The zero-order valence-electron chi connectivity index (χ0n) is 7.82. The SMILES string of the molecule is C[C@@]12OBOC1C1CC3C4C[C@H]2[C@@]341. The zero-order valence-corrected chi connectivity index (χ0v) is 7.82. The molecule has 4 unspecified atom stereocenters. The maximum atomic E-state index is 5.87. The molecule has 3 heteroatoms. The highest BCUT2D eigenvalue weighted by Gasteiger charge is 2.93. The number of rotatable bonds is 0. The van der Waals surface area contributed by atoms with Crippen LogP contribution in [-0.2, 0) is 9.31 Å². The molecule has 1 heterocycles. The van der Waals surface area contributed by atoms with E-state index in [1.165, 1.54) is 12.8 Å². The molecule has 1 saturated heterocycles. The molecule has 0 bridgehead atoms. The lowest BCUT2D eigenvalue weighted by atomic mass is 9.64. The van der Waals surface area contributed by atoms with Gasteiger partial charge in [-0.05, 0) is 48.9 Å². The second-order valence-electron chi connectivity index (χ2n) is 5.88. The maximum absolute atomic E-state index is 5.87. The van der Waals surface area contributed by atoms with E-state index in [4.69, 9.17) is 9.31 Å². The van der Waals surface area contributed by atoms with Crippen LogP contribution in [0.15, 0.2) is 0 Å². The summed E-state index contributed by atoms with van der Waals surface area (Å²) in [6.45, 7) is 2.30. The Labute approximate surface area is 78.3 Å². The van der Waals surface area contributed by atoms with Gasteiger partial charge < -0.3 is 9.31 Å². The summed E-state index contributed by atoms with van der Waals surface area (Å²) in [6, 6.07) is 0. The van der Waals surface area contributed by atoms with Crippen molar-refractivity contribution in [2.24, 2.45) is 29.1 Å². The molecule has 0 radical (unpaired) electrons. The number of hydrogen-bond donors (Lipinski definition) is 0. The molecule has 0 aromatic carbocycles. The van der Waals surface area contributed by atoms with E-state index in [-0.39, 0.29) is 5.60 Å². The summed E-state index contributed by atoms with van der Waals surface area (Å²) in [7, 11) is 0.555. The quantitative estimate of drug-likeness (QED) is 0.506. The molecule has 2 nitrogen and oxygen atoms in total. The first-order chi connectivity index (χ1) is 6.29. The van der Waals surface area contributed by atoms with Gasteiger partial charge in [0.1, 0.15) is 0 Å². The lowest BCUT2D eigenvalue weighted by molar-refractivity contribution is -0.00713. The monoisotopic (exact) mass is 176 g/mol. The third kappa shape index (κ3) is 0.368. The van der Waals surface area contributed by atoms with Gasteiger partial charge in [0.05, 0.1) is 11.7 Å². The second-order valence-corrected chi connectivity index (χ2v) is 5.88. The van der Waals surface area contributed by atoms with Crippen LogP contribution < -0.4 is 0 Å². The van der Waals surface area contributed by atoms with Crippen molar-refractivity contribution in [2.75, 3.05) is 0 Å². The van der Waals surface area contributed by atoms with Crippen LogP contribution in [0, 0.1) is 29.1 Å². The summed E-state index contributed by atoms with van der Waals surface area (Å²) < 4.78 is 11.6. The van der Waals surface area contributed by atoms with Gasteiger partial charge in [0.25, 0.3) is 0 Å². The summed E-state index contributed by atoms with van der Waals surface area (Å²) >= 11 is 0. The average Bonchev–Trinajstić information content (AvgIpc) is 2.28. The van der Waals surface area contributed by atoms with Crippen molar-refractivity contribution >= 4 is 7.69 Å². The molecule has 4 aliphatic carbocycles. The van der Waals surface area contributed by atoms with Gasteiger partial charge in [-0.1, -0.05) is 0 Å². The van der Waals surface area contributed by atoms with Crippen molar-refractivity contribution in [3.63, 3.8) is 0 Å². The van der Waals surface area contributed by atoms with E-state index in [2.05, 4.69) is 6.92 Å². The highest BCUT2D eigenvalue weighted by molar-refractivity contribution is 6.19. The molecule has 0 amide bonds. The molecular formula is C10H13BO2. The van der Waals surface area contributed by atoms with Gasteiger partial charge >= 0.3 is 7.69 Å². The van der Waals surface area contributed by atoms with Crippen LogP contribution in [0.3, 0.4) is 0 Å². The Morgan fingerprint density at radius 1 is 1.23 bits per heavy atom. The van der Waals surface area contributed by atoms with Crippen molar-refractivity contribution in [1.82, 2.24) is 0 Å². The second kappa shape index (κ2) is 1.41. The molecule has 13 heavy (non-hydrogen) atoms. The summed E-state index contributed by atoms with van der Waals surface area (Å²) in [5.41, 5.74) is 0.881. The summed E-state index contributed by atoms with van der Waals surface area (Å²) in [5, 5.41) is 0. The average molecular weight is 176 g/mol. The van der Waals surface area contributed by atoms with Gasteiger partial charge in [0, 0.05) is 0 Å². The van der Waals surface area contributed by atoms with Crippen molar-refractivity contribution in [1.29, 1.82) is 0 Å². The van der Waals surface area contributed by atoms with Gasteiger partial charge in [-0.2, -0.15) is 0 Å². The number of fused-ring (bicyclic) bond motifs is 4. The van der Waals surface area contributed by atoms with Crippen LogP contribution in [0.25, 0.3) is 0 Å². The van der Waals surface area contributed by atoms with Crippen molar-refractivity contribution in [3.8, 4) is 0 Å². The minimum Gasteiger partial charge on any atom is -0.408 e. The fourth-order valence-corrected chi connectivity index (χ4v) is 5.68. The minimum atomic E-state index is 0.117. The molecule has 1 spiro atoms. The molecule has 0 aromatic rings. The Bertz CT molecular complexity index is 323. The van der Waals surface area contributed by atoms with E-state index in [0.29, 0.717) is 13.8 Å². The highest BCUT2D eigenvalue weighted by Crippen LogP contribution is 2.93. The van der Waals surface area contributed by atoms with Crippen LogP contribution in [0.1, 0.15) is 19.8 Å². The van der Waals surface area contributed by atoms with Crippen molar-refractivity contribution in [2.45, 2.75) is 31.5 Å². The van der Waals surface area contributed by atoms with Gasteiger partial charge in [0.15, 0.2) is 0 Å². The largest absolute Gasteiger partial charge is 0.438 e. The molecule has 5 aliphatic rings. The predicted molar refractivity (Wildman–Crippen MR) is 47.1 cm³/mol. The van der Waals surface area contributed by atoms with Crippen LogP contribution in [-0.4, -0.2) is 19.4 Å². The van der Waals surface area contributed by atoms with Gasteiger partial charge in [-0.15, -0.1) is 0 Å². The first kappa shape index (κ1) is 6.47. The Morgan fingerprint density at radius 2 is 2.08 bits per heavy atom. The van der Waals surface area contributed by atoms with E-state index in [1.54, 1.807) is 0 Å². The molecule has 7 atom stereocenters. The first-order valence-corrected chi connectivity index (χ1v) is 5.55. The zero-order chi connectivity index (χ0) is 8.42. The predicted octanol–water partition coefficient (Wildman–Crippen LogP) is 0.713. The molecule has 0 aromatic heterocycles. The van der Waals surface area contributed by atoms with Gasteiger partial charge in [-0.3, -0.25) is 0 Å². The first-order valence-electron chi connectivity index (χ1n) is 5.55. The lowest BCUT2D eigenvalue weighted by Gasteiger charge is -2.42. The Hall–Kier alpha value is -0.0151. The third-order valence-electron chi connectivity index (χ3n) is 6.14. The van der Waals surface area contributed by atoms with Crippen molar-refractivity contribution < 1.29 is 9.31 Å². The summed E-state index contributed by atoms with van der Waals surface area (Å²) in [4.78, 5) is 0. The molecule has 5 rings (SSSR count). The van der Waals surface area contributed by atoms with E-state index in [9.17, 15) is 0 Å². The van der Waals surface area contributed by atoms with Gasteiger partial charge in [-0.25, -0.2) is 0 Å². The topological polar surface area (TPSA) is 18.5 Å². The van der Waals surface area contributed by atoms with E-state index in [1.807, 2.05) is 0 Å². The van der Waals surface area contributed by atoms with Gasteiger partial charge in [0.2, 0.25) is 0 Å². The fraction of sp³-hybridized carbons (Fsp3) is 1.00. The fourth-order valence-electron chi connectivity index (χ4n) is 5.68. The number of hydrogen-bond acceptors (Lipinski definition) is 2. The van der Waals surface area contributed by atoms with E-state index in [0.717, 1.165) is 29.1 Å². The van der Waals surface area contributed by atoms with Crippen LogP contribution in [0.4, 0.5) is 0 Å². The molecule has 1 aliphatic heterocycles. The molecule has 4 saturated carbocycles. The smallest absolute Gasteiger partial charge is 0.408 e. The normalized spacial score (nSPS) is 79.9. The van der Waals surface area contributed by atoms with Crippen LogP contribution in [0.5, 0.6) is 0 Å². The standard InChI is InChI=1S/C10H13BO2/c1-9-7-3-5-4-2-6(10(4,5)7)8(9)12-11-13-9/h4-8,11H,2-3H2,1H3/t4?,5?,6?,7-,8?,9+,10+/m1/s1. The maximum Gasteiger partial charge on any atom is 0.438 e. The van der Waals surface area contributed by atoms with E-state index >= 15 is 0 Å². The Morgan fingerprint density at radius 3 is 2.85 bits per heavy atom.